The van der Waals surface area contributed by atoms with Crippen molar-refractivity contribution in [1.29, 1.82) is 5.26 Å². The average molecular weight is 249 g/mol. The minimum Gasteiger partial charge on any atom is -0.465 e. The quantitative estimate of drug-likeness (QED) is 0.492. The van der Waals surface area contributed by atoms with Crippen LogP contribution in [0.15, 0.2) is 12.1 Å². The highest BCUT2D eigenvalue weighted by molar-refractivity contribution is 5.95. The molecule has 0 amide bonds. The van der Waals surface area contributed by atoms with Crippen molar-refractivity contribution in [2.45, 2.75) is 6.42 Å². The zero-order valence-corrected chi connectivity index (χ0v) is 9.89. The molecule has 0 radical (unpaired) electrons. The second-order valence-electron chi connectivity index (χ2n) is 3.36. The van der Waals surface area contributed by atoms with E-state index in [1.54, 1.807) is 7.05 Å². The summed E-state index contributed by atoms with van der Waals surface area (Å²) < 4.78 is 4.49. The van der Waals surface area contributed by atoms with Crippen molar-refractivity contribution in [3.05, 3.63) is 33.4 Å². The van der Waals surface area contributed by atoms with Crippen LogP contribution in [0.1, 0.15) is 15.9 Å². The number of anilines is 1. The summed E-state index contributed by atoms with van der Waals surface area (Å²) in [6, 6.07) is 4.43. The lowest BCUT2D eigenvalue weighted by Gasteiger charge is -2.09. The van der Waals surface area contributed by atoms with Gasteiger partial charge in [0.05, 0.1) is 24.5 Å². The van der Waals surface area contributed by atoms with Crippen molar-refractivity contribution in [1.82, 2.24) is 0 Å². The topological polar surface area (TPSA) is 105 Å². The molecule has 0 bridgehead atoms. The monoisotopic (exact) mass is 249 g/mol. The number of methoxy groups -OCH3 is 1. The second kappa shape index (κ2) is 5.63. The second-order valence-corrected chi connectivity index (χ2v) is 3.36. The Kier molecular flexibility index (Phi) is 4.21. The maximum atomic E-state index is 11.5. The Bertz CT molecular complexity index is 534. The Balaban J connectivity index is 3.47. The number of benzene rings is 1. The zero-order chi connectivity index (χ0) is 13.7. The number of nitro groups is 1. The van der Waals surface area contributed by atoms with E-state index < -0.39 is 10.9 Å². The van der Waals surface area contributed by atoms with Gasteiger partial charge in [-0.1, -0.05) is 0 Å². The summed E-state index contributed by atoms with van der Waals surface area (Å²) in [5, 5.41) is 22.3. The van der Waals surface area contributed by atoms with E-state index in [4.69, 9.17) is 5.26 Å². The van der Waals surface area contributed by atoms with Gasteiger partial charge in [0.1, 0.15) is 5.56 Å². The van der Waals surface area contributed by atoms with Crippen molar-refractivity contribution < 1.29 is 14.5 Å². The predicted octanol–water partition coefficient (Wildman–Crippen LogP) is 1.49. The molecule has 18 heavy (non-hydrogen) atoms. The van der Waals surface area contributed by atoms with Crippen LogP contribution in [0.4, 0.5) is 11.4 Å². The van der Waals surface area contributed by atoms with Crippen LogP contribution >= 0.6 is 0 Å². The van der Waals surface area contributed by atoms with E-state index in [0.29, 0.717) is 11.3 Å². The molecule has 0 aliphatic heterocycles. The maximum absolute atomic E-state index is 11.5. The predicted molar refractivity (Wildman–Crippen MR) is 63.3 cm³/mol. The minimum absolute atomic E-state index is 0.0124. The van der Waals surface area contributed by atoms with Crippen LogP contribution in [-0.2, 0) is 11.2 Å². The van der Waals surface area contributed by atoms with Gasteiger partial charge in [-0.3, -0.25) is 10.1 Å². The van der Waals surface area contributed by atoms with E-state index >= 15 is 0 Å². The molecule has 0 heterocycles. The third-order valence-electron chi connectivity index (χ3n) is 2.36. The first-order valence-corrected chi connectivity index (χ1v) is 4.99. The third kappa shape index (κ3) is 2.55. The number of rotatable bonds is 4. The first kappa shape index (κ1) is 13.4. The number of hydrogen-bond donors (Lipinski definition) is 1. The molecule has 7 nitrogen and oxygen atoms in total. The highest BCUT2D eigenvalue weighted by atomic mass is 16.6. The highest BCUT2D eigenvalue weighted by Crippen LogP contribution is 2.27. The summed E-state index contributed by atoms with van der Waals surface area (Å²) >= 11 is 0. The highest BCUT2D eigenvalue weighted by Gasteiger charge is 2.23. The Morgan fingerprint density at radius 2 is 2.28 bits per heavy atom. The molecule has 0 aliphatic rings. The lowest BCUT2D eigenvalue weighted by atomic mass is 10.0. The standard InChI is InChI=1S/C11H11N3O4/c1-13-9-6-8(11(15)18-2)10(14(16)17)5-7(9)3-4-12/h5-6,13H,3H2,1-2H3. The fourth-order valence-electron chi connectivity index (χ4n) is 1.52. The Labute approximate surface area is 103 Å². The minimum atomic E-state index is -0.790. The van der Waals surface area contributed by atoms with Crippen LogP contribution in [0.3, 0.4) is 0 Å². The molecule has 0 spiro atoms. The number of carbonyl (C=O) groups is 1. The number of nitrogens with one attached hydrogen (secondary N) is 1. The van der Waals surface area contributed by atoms with Gasteiger partial charge in [0.2, 0.25) is 0 Å². The van der Waals surface area contributed by atoms with Crippen LogP contribution in [0, 0.1) is 21.4 Å². The molecule has 0 aromatic heterocycles. The number of carbonyl (C=O) groups excluding carboxylic acids is 1. The smallest absolute Gasteiger partial charge is 0.344 e. The lowest BCUT2D eigenvalue weighted by molar-refractivity contribution is -0.385. The van der Waals surface area contributed by atoms with Crippen LogP contribution in [-0.4, -0.2) is 25.1 Å². The Morgan fingerprint density at radius 3 is 2.72 bits per heavy atom. The largest absolute Gasteiger partial charge is 0.465 e. The number of nitrogens with zero attached hydrogens (tertiary/aromatic N) is 2. The summed E-state index contributed by atoms with van der Waals surface area (Å²) in [5.74, 6) is -0.790. The fraction of sp³-hybridized carbons (Fsp3) is 0.273. The Hall–Kier alpha value is -2.62. The van der Waals surface area contributed by atoms with E-state index in [1.165, 1.54) is 12.1 Å². The van der Waals surface area contributed by atoms with Crippen molar-refractivity contribution in [2.75, 3.05) is 19.5 Å². The van der Waals surface area contributed by atoms with Crippen LogP contribution < -0.4 is 5.32 Å². The van der Waals surface area contributed by atoms with Crippen molar-refractivity contribution in [3.8, 4) is 6.07 Å². The Morgan fingerprint density at radius 1 is 1.61 bits per heavy atom. The number of nitriles is 1. The summed E-state index contributed by atoms with van der Waals surface area (Å²) in [6.07, 6.45) is 0.0124. The van der Waals surface area contributed by atoms with Gasteiger partial charge in [-0.15, -0.1) is 0 Å². The van der Waals surface area contributed by atoms with E-state index in [9.17, 15) is 14.9 Å². The van der Waals surface area contributed by atoms with Crippen molar-refractivity contribution in [3.63, 3.8) is 0 Å². The molecule has 7 heteroatoms. The van der Waals surface area contributed by atoms with Crippen molar-refractivity contribution in [2.24, 2.45) is 0 Å². The van der Waals surface area contributed by atoms with Gasteiger partial charge in [0, 0.05) is 18.8 Å². The van der Waals surface area contributed by atoms with Gasteiger partial charge in [0.15, 0.2) is 0 Å². The van der Waals surface area contributed by atoms with Gasteiger partial charge in [-0.05, 0) is 11.6 Å². The molecule has 0 fully saturated rings. The molecule has 1 aromatic rings. The normalized spacial score (nSPS) is 9.39. The average Bonchev–Trinajstić information content (AvgIpc) is 2.37. The molecular weight excluding hydrogens is 238 g/mol. The molecule has 94 valence electrons. The molecule has 0 saturated heterocycles. The maximum Gasteiger partial charge on any atom is 0.344 e. The number of nitro benzene ring substituents is 1. The van der Waals surface area contributed by atoms with Gasteiger partial charge in [0.25, 0.3) is 5.69 Å². The molecule has 0 saturated carbocycles. The van der Waals surface area contributed by atoms with Crippen LogP contribution in [0.25, 0.3) is 0 Å². The van der Waals surface area contributed by atoms with E-state index in [2.05, 4.69) is 10.1 Å². The SMILES string of the molecule is CNc1cc(C(=O)OC)c([N+](=O)[O-])cc1CC#N. The summed E-state index contributed by atoms with van der Waals surface area (Å²) in [4.78, 5) is 21.7. The first-order chi connectivity index (χ1) is 8.54. The first-order valence-electron chi connectivity index (χ1n) is 4.99. The van der Waals surface area contributed by atoms with Gasteiger partial charge >= 0.3 is 5.97 Å². The van der Waals surface area contributed by atoms with E-state index in [0.717, 1.165) is 7.11 Å². The van der Waals surface area contributed by atoms with Gasteiger partial charge in [-0.2, -0.15) is 5.26 Å². The zero-order valence-electron chi connectivity index (χ0n) is 9.89. The molecule has 1 aromatic carbocycles. The van der Waals surface area contributed by atoms with Crippen LogP contribution in [0.2, 0.25) is 0 Å². The van der Waals surface area contributed by atoms with Gasteiger partial charge < -0.3 is 10.1 Å². The van der Waals surface area contributed by atoms with E-state index in [-0.39, 0.29) is 17.7 Å². The third-order valence-corrected chi connectivity index (χ3v) is 2.36. The van der Waals surface area contributed by atoms with Crippen LogP contribution in [0.5, 0.6) is 0 Å². The van der Waals surface area contributed by atoms with E-state index in [1.807, 2.05) is 6.07 Å². The molecule has 0 atom stereocenters. The van der Waals surface area contributed by atoms with Gasteiger partial charge in [-0.25, -0.2) is 4.79 Å². The molecule has 1 rings (SSSR count). The molecule has 0 unspecified atom stereocenters. The fourth-order valence-corrected chi connectivity index (χ4v) is 1.52. The van der Waals surface area contributed by atoms with Crippen molar-refractivity contribution >= 4 is 17.3 Å². The lowest BCUT2D eigenvalue weighted by Crippen LogP contribution is -2.08. The summed E-state index contributed by atoms with van der Waals surface area (Å²) in [6.45, 7) is 0. The number of hydrogen-bond acceptors (Lipinski definition) is 6. The number of ether oxygens (including phenoxy) is 1. The molecule has 1 N–H and O–H groups in total. The molecule has 0 aliphatic carbocycles. The number of esters is 1. The summed E-state index contributed by atoms with van der Waals surface area (Å²) in [5.41, 5.74) is 0.432. The summed E-state index contributed by atoms with van der Waals surface area (Å²) in [7, 11) is 2.75. The molecular formula is C11H11N3O4.